The summed E-state index contributed by atoms with van der Waals surface area (Å²) < 4.78 is 27.0. The fourth-order valence-corrected chi connectivity index (χ4v) is 2.37. The number of nitrogens with two attached hydrogens (primary N) is 1. The van der Waals surface area contributed by atoms with Crippen molar-refractivity contribution in [1.82, 2.24) is 10.2 Å². The Bertz CT molecular complexity index is 486. The minimum Gasteiger partial charge on any atom is -0.352 e. The number of amides is 1. The van der Waals surface area contributed by atoms with Crippen LogP contribution >= 0.6 is 0 Å². The first-order valence-electron chi connectivity index (χ1n) is 6.43. The molecule has 1 heterocycles. The summed E-state index contributed by atoms with van der Waals surface area (Å²) in [5, 5.41) is 2.70. The van der Waals surface area contributed by atoms with E-state index in [9.17, 15) is 13.6 Å². The Hall–Kier alpha value is -1.73. The van der Waals surface area contributed by atoms with Crippen molar-refractivity contribution >= 4 is 11.6 Å². The van der Waals surface area contributed by atoms with Crippen molar-refractivity contribution in [2.24, 2.45) is 11.8 Å². The van der Waals surface area contributed by atoms with Crippen molar-refractivity contribution < 1.29 is 13.6 Å². The lowest BCUT2D eigenvalue weighted by Gasteiger charge is -2.12. The van der Waals surface area contributed by atoms with Gasteiger partial charge >= 0.3 is 0 Å². The van der Waals surface area contributed by atoms with Gasteiger partial charge in [-0.2, -0.15) is 0 Å². The Morgan fingerprint density at radius 3 is 2.60 bits per heavy atom. The lowest BCUT2D eigenvalue weighted by molar-refractivity contribution is 0.0946. The number of nitrogens with zero attached hydrogens (tertiary/aromatic N) is 1. The van der Waals surface area contributed by atoms with E-state index in [1.807, 2.05) is 12.5 Å². The van der Waals surface area contributed by atoms with Crippen molar-refractivity contribution in [2.75, 3.05) is 32.1 Å². The summed E-state index contributed by atoms with van der Waals surface area (Å²) in [4.78, 5) is 14.1. The Morgan fingerprint density at radius 1 is 1.45 bits per heavy atom. The number of likely N-dealkylation sites (tertiary alicyclic amines) is 1. The van der Waals surface area contributed by atoms with E-state index in [2.05, 4.69) is 10.2 Å². The molecule has 0 saturated carbocycles. The van der Waals surface area contributed by atoms with Gasteiger partial charge < -0.3 is 15.6 Å². The lowest BCUT2D eigenvalue weighted by Crippen LogP contribution is -2.30. The molecule has 0 radical (unpaired) electrons. The number of anilines is 1. The number of halogens is 2. The molecule has 110 valence electrons. The van der Waals surface area contributed by atoms with E-state index in [4.69, 9.17) is 5.84 Å². The highest BCUT2D eigenvalue weighted by Gasteiger charge is 2.21. The van der Waals surface area contributed by atoms with Gasteiger partial charge in [-0.3, -0.25) is 10.6 Å². The van der Waals surface area contributed by atoms with Crippen LogP contribution in [0, 0.1) is 17.6 Å². The highest BCUT2D eigenvalue weighted by Crippen LogP contribution is 2.20. The molecule has 1 aliphatic heterocycles. The van der Waals surface area contributed by atoms with Crippen LogP contribution in [0.3, 0.4) is 0 Å². The van der Waals surface area contributed by atoms with Crippen molar-refractivity contribution in [3.05, 3.63) is 29.3 Å². The fourth-order valence-electron chi connectivity index (χ4n) is 2.37. The molecule has 1 aliphatic rings. The van der Waals surface area contributed by atoms with Crippen LogP contribution < -0.4 is 16.6 Å². The Labute approximate surface area is 116 Å². The molecule has 1 unspecified atom stereocenters. The molecule has 0 bridgehead atoms. The number of carbonyl (C=O) groups is 1. The highest BCUT2D eigenvalue weighted by molar-refractivity contribution is 5.94. The minimum absolute atomic E-state index is 0.0506. The molecule has 0 aromatic heterocycles. The van der Waals surface area contributed by atoms with E-state index in [0.717, 1.165) is 31.6 Å². The van der Waals surface area contributed by atoms with E-state index in [0.29, 0.717) is 12.5 Å². The molecular formula is C13H18F2N4O. The molecule has 1 aromatic rings. The van der Waals surface area contributed by atoms with Gasteiger partial charge in [0, 0.05) is 18.7 Å². The number of rotatable bonds is 4. The van der Waals surface area contributed by atoms with E-state index in [-0.39, 0.29) is 5.56 Å². The maximum absolute atomic E-state index is 13.5. The number of hydrogen-bond acceptors (Lipinski definition) is 4. The van der Waals surface area contributed by atoms with Gasteiger partial charge in [-0.15, -0.1) is 0 Å². The summed E-state index contributed by atoms with van der Waals surface area (Å²) in [7, 11) is 2.02. The van der Waals surface area contributed by atoms with Crippen molar-refractivity contribution in [3.63, 3.8) is 0 Å². The lowest BCUT2D eigenvalue weighted by atomic mass is 10.1. The molecule has 1 atom stereocenters. The largest absolute Gasteiger partial charge is 0.352 e. The van der Waals surface area contributed by atoms with Gasteiger partial charge in [0.25, 0.3) is 5.91 Å². The zero-order valence-electron chi connectivity index (χ0n) is 11.2. The average molecular weight is 284 g/mol. The van der Waals surface area contributed by atoms with Crippen LogP contribution in [0.1, 0.15) is 16.8 Å². The maximum atomic E-state index is 13.5. The van der Waals surface area contributed by atoms with Crippen molar-refractivity contribution in [1.29, 1.82) is 0 Å². The molecule has 1 aromatic carbocycles. The van der Waals surface area contributed by atoms with Gasteiger partial charge in [0.2, 0.25) is 0 Å². The van der Waals surface area contributed by atoms with Crippen LogP contribution in [0.4, 0.5) is 14.5 Å². The highest BCUT2D eigenvalue weighted by atomic mass is 19.1. The Kier molecular flexibility index (Phi) is 4.51. The van der Waals surface area contributed by atoms with Crippen LogP contribution in [0.15, 0.2) is 12.1 Å². The molecule has 20 heavy (non-hydrogen) atoms. The van der Waals surface area contributed by atoms with Gasteiger partial charge in [0.05, 0.1) is 0 Å². The molecule has 7 heteroatoms. The summed E-state index contributed by atoms with van der Waals surface area (Å²) >= 11 is 0. The Morgan fingerprint density at radius 2 is 2.10 bits per heavy atom. The summed E-state index contributed by atoms with van der Waals surface area (Å²) in [6.45, 7) is 2.42. The standard InChI is InChI=1S/C13H18F2N4O/c1-19-3-2-8(7-19)6-17-13(20)9-4-10(14)12(18-16)11(15)5-9/h4-5,8,18H,2-3,6-7,16H2,1H3,(H,17,20). The number of hydrogen-bond donors (Lipinski definition) is 3. The van der Waals surface area contributed by atoms with Gasteiger partial charge in [-0.25, -0.2) is 8.78 Å². The predicted molar refractivity (Wildman–Crippen MR) is 72.1 cm³/mol. The third kappa shape index (κ3) is 3.23. The summed E-state index contributed by atoms with van der Waals surface area (Å²) in [5.41, 5.74) is 1.43. The van der Waals surface area contributed by atoms with E-state index in [1.54, 1.807) is 0 Å². The smallest absolute Gasteiger partial charge is 0.251 e. The molecule has 4 N–H and O–H groups in total. The molecule has 1 amide bonds. The first-order valence-corrected chi connectivity index (χ1v) is 6.43. The van der Waals surface area contributed by atoms with Crippen molar-refractivity contribution in [2.45, 2.75) is 6.42 Å². The minimum atomic E-state index is -0.891. The monoisotopic (exact) mass is 284 g/mol. The van der Waals surface area contributed by atoms with E-state index < -0.39 is 23.2 Å². The third-order valence-corrected chi connectivity index (χ3v) is 3.49. The SMILES string of the molecule is CN1CCC(CNC(=O)c2cc(F)c(NN)c(F)c2)C1. The molecule has 1 saturated heterocycles. The molecule has 1 fully saturated rings. The zero-order chi connectivity index (χ0) is 14.7. The number of nitrogen functional groups attached to an aromatic ring is 1. The van der Waals surface area contributed by atoms with Crippen molar-refractivity contribution in [3.8, 4) is 0 Å². The average Bonchev–Trinajstić information content (AvgIpc) is 2.81. The topological polar surface area (TPSA) is 70.4 Å². The second-order valence-corrected chi connectivity index (χ2v) is 5.09. The van der Waals surface area contributed by atoms with Crippen LogP contribution in [0.5, 0.6) is 0 Å². The summed E-state index contributed by atoms with van der Waals surface area (Å²) in [6.07, 6.45) is 1.01. The molecule has 0 spiro atoms. The predicted octanol–water partition coefficient (Wildman–Crippen LogP) is 0.932. The van der Waals surface area contributed by atoms with E-state index >= 15 is 0 Å². The summed E-state index contributed by atoms with van der Waals surface area (Å²) in [5.74, 6) is 3.11. The third-order valence-electron chi connectivity index (χ3n) is 3.49. The van der Waals surface area contributed by atoms with E-state index in [1.165, 1.54) is 0 Å². The number of carbonyl (C=O) groups excluding carboxylic acids is 1. The number of nitrogens with one attached hydrogen (secondary N) is 2. The maximum Gasteiger partial charge on any atom is 0.251 e. The normalized spacial score (nSPS) is 19.1. The van der Waals surface area contributed by atoms with Crippen LogP contribution in [0.25, 0.3) is 0 Å². The molecule has 5 nitrogen and oxygen atoms in total. The first kappa shape index (κ1) is 14.7. The van der Waals surface area contributed by atoms with Gasteiger partial charge in [-0.05, 0) is 38.1 Å². The Balaban J connectivity index is 1.99. The van der Waals surface area contributed by atoms with Gasteiger partial charge in [0.15, 0.2) is 11.6 Å². The molecule has 0 aliphatic carbocycles. The van der Waals surface area contributed by atoms with Crippen LogP contribution in [-0.2, 0) is 0 Å². The van der Waals surface area contributed by atoms with Crippen LogP contribution in [0.2, 0.25) is 0 Å². The molecule has 2 rings (SSSR count). The summed E-state index contributed by atoms with van der Waals surface area (Å²) in [6, 6.07) is 1.93. The second-order valence-electron chi connectivity index (χ2n) is 5.09. The molecular weight excluding hydrogens is 266 g/mol. The fraction of sp³-hybridized carbons (Fsp3) is 0.462. The zero-order valence-corrected chi connectivity index (χ0v) is 11.2. The van der Waals surface area contributed by atoms with Gasteiger partial charge in [-0.1, -0.05) is 0 Å². The van der Waals surface area contributed by atoms with Gasteiger partial charge in [0.1, 0.15) is 5.69 Å². The quantitative estimate of drug-likeness (QED) is 0.568. The second kappa shape index (κ2) is 6.15. The first-order chi connectivity index (χ1) is 9.51. The van der Waals surface area contributed by atoms with Crippen LogP contribution in [-0.4, -0.2) is 37.5 Å². The number of benzene rings is 1. The number of hydrazine groups is 1.